The highest BCUT2D eigenvalue weighted by Gasteiger charge is 2.10. The number of rotatable bonds is 2. The molecule has 0 amide bonds. The molecule has 0 aliphatic heterocycles. The van der Waals surface area contributed by atoms with Crippen molar-refractivity contribution in [2.75, 3.05) is 0 Å². The molecule has 0 aliphatic rings. The summed E-state index contributed by atoms with van der Waals surface area (Å²) in [5.74, 6) is 0. The summed E-state index contributed by atoms with van der Waals surface area (Å²) in [5, 5.41) is 8.17. The highest BCUT2D eigenvalue weighted by Crippen LogP contribution is 2.29. The lowest BCUT2D eigenvalue weighted by Crippen LogP contribution is -1.95. The smallest absolute Gasteiger partial charge is 0.134 e. The molecule has 3 aromatic rings. The topological polar surface area (TPSA) is 67.8 Å². The predicted molar refractivity (Wildman–Crippen MR) is 61.7 cm³/mol. The van der Waals surface area contributed by atoms with Gasteiger partial charge in [-0.1, -0.05) is 18.2 Å². The summed E-state index contributed by atoms with van der Waals surface area (Å²) in [6.45, 7) is 0.461. The van der Waals surface area contributed by atoms with Gasteiger partial charge in [0.1, 0.15) is 11.8 Å². The van der Waals surface area contributed by atoms with Crippen LogP contribution in [0.3, 0.4) is 0 Å². The zero-order valence-corrected chi connectivity index (χ0v) is 8.60. The number of hydrogen-bond acceptors (Lipinski definition) is 3. The van der Waals surface area contributed by atoms with Gasteiger partial charge < -0.3 is 10.2 Å². The molecule has 0 bridgehead atoms. The van der Waals surface area contributed by atoms with E-state index in [0.29, 0.717) is 6.54 Å². The molecule has 0 saturated carbocycles. The van der Waals surface area contributed by atoms with Crippen LogP contribution in [0.4, 0.5) is 0 Å². The second-order valence-electron chi connectivity index (χ2n) is 3.63. The third-order valence-electron chi connectivity index (χ3n) is 2.61. The highest BCUT2D eigenvalue weighted by atomic mass is 16.3. The summed E-state index contributed by atoms with van der Waals surface area (Å²) < 4.78 is 5.46. The van der Waals surface area contributed by atoms with Crippen LogP contribution in [0.15, 0.2) is 41.0 Å². The van der Waals surface area contributed by atoms with Crippen molar-refractivity contribution < 1.29 is 4.42 Å². The average molecular weight is 213 g/mol. The van der Waals surface area contributed by atoms with Gasteiger partial charge in [-0.05, 0) is 12.1 Å². The van der Waals surface area contributed by atoms with E-state index in [9.17, 15) is 0 Å². The van der Waals surface area contributed by atoms with Gasteiger partial charge in [0, 0.05) is 23.2 Å². The van der Waals surface area contributed by atoms with Gasteiger partial charge in [-0.15, -0.1) is 0 Å². The molecule has 2 heterocycles. The minimum Gasteiger partial charge on any atom is -0.464 e. The van der Waals surface area contributed by atoms with Crippen molar-refractivity contribution in [3.8, 4) is 11.3 Å². The van der Waals surface area contributed by atoms with E-state index in [0.717, 1.165) is 27.9 Å². The maximum Gasteiger partial charge on any atom is 0.134 e. The average Bonchev–Trinajstić information content (AvgIpc) is 2.94. The molecule has 16 heavy (non-hydrogen) atoms. The van der Waals surface area contributed by atoms with E-state index in [1.807, 2.05) is 30.3 Å². The number of furan rings is 1. The Labute approximate surface area is 92.1 Å². The number of nitrogens with zero attached hydrogens (tertiary/aromatic N) is 1. The van der Waals surface area contributed by atoms with E-state index in [2.05, 4.69) is 10.2 Å². The molecule has 0 fully saturated rings. The predicted octanol–water partition coefficient (Wildman–Crippen LogP) is 2.28. The molecule has 2 aromatic heterocycles. The fraction of sp³-hybridized carbons (Fsp3) is 0.0833. The third-order valence-corrected chi connectivity index (χ3v) is 2.61. The van der Waals surface area contributed by atoms with E-state index in [1.54, 1.807) is 6.26 Å². The van der Waals surface area contributed by atoms with E-state index in [4.69, 9.17) is 10.2 Å². The molecule has 0 aliphatic carbocycles. The standard InChI is InChI=1S/C12H11N3O/c13-6-8-5-11(15-14-8)10-7-16-12-4-2-1-3-9(10)12/h1-5,7H,6,13H2,(H,14,15). The van der Waals surface area contributed by atoms with Crippen LogP contribution in [0.5, 0.6) is 0 Å². The van der Waals surface area contributed by atoms with Crippen LogP contribution in [0.25, 0.3) is 22.2 Å². The Balaban J connectivity index is 2.18. The number of nitrogens with one attached hydrogen (secondary N) is 1. The maximum absolute atomic E-state index is 5.53. The molecule has 0 saturated heterocycles. The van der Waals surface area contributed by atoms with Crippen molar-refractivity contribution in [1.29, 1.82) is 0 Å². The number of aromatic nitrogens is 2. The van der Waals surface area contributed by atoms with E-state index < -0.39 is 0 Å². The minimum atomic E-state index is 0.461. The van der Waals surface area contributed by atoms with Crippen molar-refractivity contribution in [2.24, 2.45) is 5.73 Å². The van der Waals surface area contributed by atoms with Crippen molar-refractivity contribution >= 4 is 11.0 Å². The lowest BCUT2D eigenvalue weighted by Gasteiger charge is -1.90. The second-order valence-corrected chi connectivity index (χ2v) is 3.63. The number of para-hydroxylation sites is 1. The Morgan fingerprint density at radius 2 is 2.19 bits per heavy atom. The van der Waals surface area contributed by atoms with Crippen LogP contribution in [-0.4, -0.2) is 10.2 Å². The largest absolute Gasteiger partial charge is 0.464 e. The van der Waals surface area contributed by atoms with Gasteiger partial charge in [-0.3, -0.25) is 5.10 Å². The summed E-state index contributed by atoms with van der Waals surface area (Å²) in [6, 6.07) is 9.83. The summed E-state index contributed by atoms with van der Waals surface area (Å²) >= 11 is 0. The van der Waals surface area contributed by atoms with E-state index in [1.165, 1.54) is 0 Å². The van der Waals surface area contributed by atoms with Crippen LogP contribution in [0, 0.1) is 0 Å². The number of H-pyrrole nitrogens is 1. The Bertz CT molecular complexity index is 624. The Hall–Kier alpha value is -2.07. The number of fused-ring (bicyclic) bond motifs is 1. The quantitative estimate of drug-likeness (QED) is 0.686. The van der Waals surface area contributed by atoms with Crippen molar-refractivity contribution in [3.05, 3.63) is 42.3 Å². The zero-order chi connectivity index (χ0) is 11.0. The van der Waals surface area contributed by atoms with Gasteiger partial charge in [-0.2, -0.15) is 5.10 Å². The number of hydrogen-bond donors (Lipinski definition) is 2. The Morgan fingerprint density at radius 3 is 3.00 bits per heavy atom. The van der Waals surface area contributed by atoms with E-state index >= 15 is 0 Å². The molecule has 0 radical (unpaired) electrons. The summed E-state index contributed by atoms with van der Waals surface area (Å²) in [6.07, 6.45) is 1.72. The second kappa shape index (κ2) is 3.50. The van der Waals surface area contributed by atoms with Crippen LogP contribution in [0.1, 0.15) is 5.69 Å². The number of nitrogens with two attached hydrogens (primary N) is 1. The first kappa shape index (κ1) is 9.18. The molecule has 1 aromatic carbocycles. The lowest BCUT2D eigenvalue weighted by atomic mass is 10.1. The van der Waals surface area contributed by atoms with Crippen molar-refractivity contribution in [2.45, 2.75) is 6.54 Å². The van der Waals surface area contributed by atoms with Gasteiger partial charge in [0.15, 0.2) is 0 Å². The maximum atomic E-state index is 5.53. The Morgan fingerprint density at radius 1 is 1.31 bits per heavy atom. The molecular formula is C12H11N3O. The van der Waals surface area contributed by atoms with Crippen molar-refractivity contribution in [1.82, 2.24) is 10.2 Å². The van der Waals surface area contributed by atoms with Gasteiger partial charge >= 0.3 is 0 Å². The number of aromatic amines is 1. The molecular weight excluding hydrogens is 202 g/mol. The molecule has 0 unspecified atom stereocenters. The van der Waals surface area contributed by atoms with Gasteiger partial charge in [0.25, 0.3) is 0 Å². The third kappa shape index (κ3) is 1.31. The first-order valence-corrected chi connectivity index (χ1v) is 5.09. The first-order valence-electron chi connectivity index (χ1n) is 5.09. The molecule has 3 N–H and O–H groups in total. The fourth-order valence-corrected chi connectivity index (χ4v) is 1.78. The normalized spacial score (nSPS) is 11.1. The van der Waals surface area contributed by atoms with Gasteiger partial charge in [-0.25, -0.2) is 0 Å². The van der Waals surface area contributed by atoms with Crippen LogP contribution >= 0.6 is 0 Å². The fourth-order valence-electron chi connectivity index (χ4n) is 1.78. The molecule has 0 atom stereocenters. The minimum absolute atomic E-state index is 0.461. The molecule has 80 valence electrons. The monoisotopic (exact) mass is 213 g/mol. The molecule has 4 heteroatoms. The summed E-state index contributed by atoms with van der Waals surface area (Å²) in [4.78, 5) is 0. The molecule has 4 nitrogen and oxygen atoms in total. The summed E-state index contributed by atoms with van der Waals surface area (Å²) in [7, 11) is 0. The lowest BCUT2D eigenvalue weighted by molar-refractivity contribution is 0.617. The highest BCUT2D eigenvalue weighted by molar-refractivity contribution is 5.92. The SMILES string of the molecule is NCc1cc(-c2coc3ccccc23)n[nH]1. The van der Waals surface area contributed by atoms with Crippen molar-refractivity contribution in [3.63, 3.8) is 0 Å². The van der Waals surface area contributed by atoms with Crippen LogP contribution in [-0.2, 0) is 6.54 Å². The van der Waals surface area contributed by atoms with E-state index in [-0.39, 0.29) is 0 Å². The Kier molecular flexibility index (Phi) is 2.01. The first-order chi connectivity index (χ1) is 7.88. The van der Waals surface area contributed by atoms with Crippen LogP contribution in [0.2, 0.25) is 0 Å². The van der Waals surface area contributed by atoms with Gasteiger partial charge in [0.2, 0.25) is 0 Å². The van der Waals surface area contributed by atoms with Crippen LogP contribution < -0.4 is 5.73 Å². The zero-order valence-electron chi connectivity index (χ0n) is 8.60. The molecule has 0 spiro atoms. The molecule has 3 rings (SSSR count). The number of benzene rings is 1. The summed E-state index contributed by atoms with van der Waals surface area (Å²) in [5.41, 5.74) is 9.18. The van der Waals surface area contributed by atoms with Gasteiger partial charge in [0.05, 0.1) is 5.69 Å².